The van der Waals surface area contributed by atoms with Crippen molar-refractivity contribution in [3.8, 4) is 5.75 Å². The van der Waals surface area contributed by atoms with Crippen molar-refractivity contribution in [3.05, 3.63) is 99.8 Å². The van der Waals surface area contributed by atoms with Gasteiger partial charge in [-0.2, -0.15) is 17.6 Å². The molecule has 0 aliphatic heterocycles. The Balaban J connectivity index is 1.63. The molecule has 3 aromatic rings. The van der Waals surface area contributed by atoms with Gasteiger partial charge in [-0.15, -0.1) is 0 Å². The van der Waals surface area contributed by atoms with Gasteiger partial charge in [0.2, 0.25) is 0 Å². The summed E-state index contributed by atoms with van der Waals surface area (Å²) in [5.41, 5.74) is 3.00. The van der Waals surface area contributed by atoms with Crippen LogP contribution in [0.25, 0.3) is 6.08 Å². The number of halogens is 5. The SMILES string of the molecule is O=C(NC(Cc1cccc(OC(F)(F)C(F)F)c1)C(O)c1ccc(Cl)nc1)c1cccc2c1C=CCCC2. The number of hydrogen-bond donors (Lipinski definition) is 2. The average molecular weight is 549 g/mol. The Hall–Kier alpha value is -3.43. The van der Waals surface area contributed by atoms with Crippen LogP contribution in [0.4, 0.5) is 17.6 Å². The molecule has 10 heteroatoms. The monoisotopic (exact) mass is 548 g/mol. The fraction of sp³-hybridized carbons (Fsp3) is 0.286. The molecule has 1 aliphatic rings. The number of alkyl halides is 4. The van der Waals surface area contributed by atoms with E-state index in [0.29, 0.717) is 16.7 Å². The van der Waals surface area contributed by atoms with Gasteiger partial charge in [0.25, 0.3) is 5.91 Å². The zero-order valence-corrected chi connectivity index (χ0v) is 20.8. The van der Waals surface area contributed by atoms with Crippen LogP contribution in [0.5, 0.6) is 5.75 Å². The van der Waals surface area contributed by atoms with E-state index in [9.17, 15) is 27.5 Å². The van der Waals surface area contributed by atoms with E-state index < -0.39 is 36.3 Å². The first-order valence-electron chi connectivity index (χ1n) is 12.0. The predicted octanol–water partition coefficient (Wildman–Crippen LogP) is 6.40. The highest BCUT2D eigenvalue weighted by Crippen LogP contribution is 2.29. The summed E-state index contributed by atoms with van der Waals surface area (Å²) in [6.07, 6.45) is -2.00. The molecule has 5 nitrogen and oxygen atoms in total. The number of aromatic nitrogens is 1. The first-order valence-corrected chi connectivity index (χ1v) is 12.3. The number of aryl methyl sites for hydroxylation is 1. The second-order valence-electron chi connectivity index (χ2n) is 8.93. The van der Waals surface area contributed by atoms with E-state index in [1.165, 1.54) is 24.4 Å². The third kappa shape index (κ3) is 6.71. The number of pyridine rings is 1. The lowest BCUT2D eigenvalue weighted by Crippen LogP contribution is -2.41. The van der Waals surface area contributed by atoms with Crippen molar-refractivity contribution < 1.29 is 32.2 Å². The van der Waals surface area contributed by atoms with Gasteiger partial charge in [0.15, 0.2) is 0 Å². The fourth-order valence-corrected chi connectivity index (χ4v) is 4.42. The molecule has 2 N–H and O–H groups in total. The molecule has 0 fully saturated rings. The Morgan fingerprint density at radius 2 is 1.95 bits per heavy atom. The van der Waals surface area contributed by atoms with Gasteiger partial charge in [-0.1, -0.05) is 54.1 Å². The van der Waals surface area contributed by atoms with Crippen molar-refractivity contribution in [1.29, 1.82) is 0 Å². The molecule has 2 aromatic carbocycles. The molecule has 0 bridgehead atoms. The maximum Gasteiger partial charge on any atom is 0.461 e. The summed E-state index contributed by atoms with van der Waals surface area (Å²) in [6.45, 7) is 0. The number of nitrogens with one attached hydrogen (secondary N) is 1. The third-order valence-corrected chi connectivity index (χ3v) is 6.42. The highest BCUT2D eigenvalue weighted by Gasteiger charge is 2.44. The molecule has 1 heterocycles. The van der Waals surface area contributed by atoms with Gasteiger partial charge in [0.05, 0.1) is 6.04 Å². The van der Waals surface area contributed by atoms with E-state index in [1.807, 2.05) is 18.2 Å². The molecule has 0 saturated heterocycles. The van der Waals surface area contributed by atoms with Gasteiger partial charge >= 0.3 is 12.5 Å². The number of fused-ring (bicyclic) bond motifs is 1. The summed E-state index contributed by atoms with van der Waals surface area (Å²) < 4.78 is 56.3. The number of rotatable bonds is 9. The lowest BCUT2D eigenvalue weighted by Gasteiger charge is -2.25. The Bertz CT molecular complexity index is 1300. The first-order chi connectivity index (χ1) is 18.1. The number of nitrogens with zero attached hydrogens (tertiary/aromatic N) is 1. The minimum absolute atomic E-state index is 0.0299. The fourth-order valence-electron chi connectivity index (χ4n) is 4.31. The van der Waals surface area contributed by atoms with Gasteiger partial charge in [0, 0.05) is 17.3 Å². The van der Waals surface area contributed by atoms with Crippen LogP contribution >= 0.6 is 11.6 Å². The second-order valence-corrected chi connectivity index (χ2v) is 9.32. The number of carbonyl (C=O) groups is 1. The number of ether oxygens (including phenoxy) is 1. The third-order valence-electron chi connectivity index (χ3n) is 6.19. The minimum atomic E-state index is -4.67. The van der Waals surface area contributed by atoms with Crippen molar-refractivity contribution >= 4 is 23.6 Å². The van der Waals surface area contributed by atoms with Gasteiger partial charge in [-0.25, -0.2) is 4.98 Å². The minimum Gasteiger partial charge on any atom is -0.428 e. The van der Waals surface area contributed by atoms with Crippen LogP contribution in [0, 0.1) is 0 Å². The average Bonchev–Trinajstić information content (AvgIpc) is 3.14. The number of benzene rings is 2. The smallest absolute Gasteiger partial charge is 0.428 e. The van der Waals surface area contributed by atoms with Gasteiger partial charge in [-0.3, -0.25) is 4.79 Å². The van der Waals surface area contributed by atoms with Crippen molar-refractivity contribution in [3.63, 3.8) is 0 Å². The number of hydrogen-bond acceptors (Lipinski definition) is 4. The molecule has 4 rings (SSSR count). The number of amides is 1. The van der Waals surface area contributed by atoms with Gasteiger partial charge < -0.3 is 15.2 Å². The van der Waals surface area contributed by atoms with Gasteiger partial charge in [-0.05, 0) is 66.6 Å². The topological polar surface area (TPSA) is 71.5 Å². The normalized spacial score (nSPS) is 14.9. The number of aliphatic hydroxyl groups excluding tert-OH is 1. The summed E-state index contributed by atoms with van der Waals surface area (Å²) in [5, 5.41) is 14.2. The lowest BCUT2D eigenvalue weighted by molar-refractivity contribution is -0.253. The maximum absolute atomic E-state index is 13.4. The zero-order chi connectivity index (χ0) is 27.3. The molecule has 1 aromatic heterocycles. The molecular formula is C28H25ClF4N2O3. The highest BCUT2D eigenvalue weighted by molar-refractivity contribution is 6.29. The molecule has 38 heavy (non-hydrogen) atoms. The summed E-state index contributed by atoms with van der Waals surface area (Å²) in [5.74, 6) is -0.907. The molecule has 1 aliphatic carbocycles. The van der Waals surface area contributed by atoms with E-state index in [1.54, 1.807) is 24.3 Å². The molecular weight excluding hydrogens is 524 g/mol. The quantitative estimate of drug-likeness (QED) is 0.240. The molecule has 200 valence electrons. The largest absolute Gasteiger partial charge is 0.461 e. The maximum atomic E-state index is 13.4. The Morgan fingerprint density at radius 3 is 2.68 bits per heavy atom. The van der Waals surface area contributed by atoms with Crippen LogP contribution < -0.4 is 10.1 Å². The standard InChI is InChI=1S/C28H25ClF4N2O3/c29-24-13-12-19(16-34-24)25(36)23(15-17-6-4-9-20(14-17)38-28(32,33)27(30)31)35-26(37)22-11-5-8-18-7-2-1-3-10-21(18)22/h3-6,8-14,16,23,25,27,36H,1-2,7,15H2,(H,35,37). The number of aliphatic hydroxyl groups is 1. The van der Waals surface area contributed by atoms with Crippen LogP contribution in [-0.2, 0) is 12.8 Å². The summed E-state index contributed by atoms with van der Waals surface area (Å²) in [7, 11) is 0. The molecule has 1 amide bonds. The van der Waals surface area contributed by atoms with Crippen molar-refractivity contribution in [2.45, 2.75) is 50.4 Å². The van der Waals surface area contributed by atoms with Crippen LogP contribution in [0.15, 0.2) is 66.9 Å². The highest BCUT2D eigenvalue weighted by atomic mass is 35.5. The Labute approximate surface area is 222 Å². The number of carbonyl (C=O) groups excluding carboxylic acids is 1. The molecule has 2 unspecified atom stereocenters. The summed E-state index contributed by atoms with van der Waals surface area (Å²) in [4.78, 5) is 17.4. The predicted molar refractivity (Wildman–Crippen MR) is 136 cm³/mol. The van der Waals surface area contributed by atoms with E-state index in [-0.39, 0.29) is 11.6 Å². The van der Waals surface area contributed by atoms with E-state index in [2.05, 4.69) is 15.0 Å². The van der Waals surface area contributed by atoms with Crippen LogP contribution in [0.2, 0.25) is 5.15 Å². The van der Waals surface area contributed by atoms with Crippen molar-refractivity contribution in [1.82, 2.24) is 10.3 Å². The summed E-state index contributed by atoms with van der Waals surface area (Å²) >= 11 is 5.87. The Morgan fingerprint density at radius 1 is 1.16 bits per heavy atom. The molecule has 2 atom stereocenters. The first kappa shape index (κ1) is 27.6. The number of allylic oxidation sites excluding steroid dienone is 1. The molecule has 0 spiro atoms. The van der Waals surface area contributed by atoms with Gasteiger partial charge in [0.1, 0.15) is 17.0 Å². The Kier molecular flexibility index (Phi) is 8.69. The summed E-state index contributed by atoms with van der Waals surface area (Å²) in [6, 6.07) is 12.8. The van der Waals surface area contributed by atoms with E-state index in [0.717, 1.165) is 36.5 Å². The van der Waals surface area contributed by atoms with E-state index >= 15 is 0 Å². The van der Waals surface area contributed by atoms with Crippen LogP contribution in [-0.4, -0.2) is 34.6 Å². The van der Waals surface area contributed by atoms with Crippen molar-refractivity contribution in [2.75, 3.05) is 0 Å². The molecule has 0 saturated carbocycles. The second kappa shape index (κ2) is 12.0. The van der Waals surface area contributed by atoms with Crippen molar-refractivity contribution in [2.24, 2.45) is 0 Å². The lowest BCUT2D eigenvalue weighted by atomic mass is 9.95. The van der Waals surface area contributed by atoms with E-state index in [4.69, 9.17) is 11.6 Å². The van der Waals surface area contributed by atoms with Crippen LogP contribution in [0.1, 0.15) is 51.6 Å². The van der Waals surface area contributed by atoms with Crippen LogP contribution in [0.3, 0.4) is 0 Å². The molecule has 0 radical (unpaired) electrons. The zero-order valence-electron chi connectivity index (χ0n) is 20.1.